The van der Waals surface area contributed by atoms with Crippen LogP contribution in [0.3, 0.4) is 0 Å². The molecule has 0 saturated carbocycles. The second-order valence-corrected chi connectivity index (χ2v) is 6.29. The molecule has 0 unspecified atom stereocenters. The average molecular weight is 321 g/mol. The molecule has 5 heteroatoms. The monoisotopic (exact) mass is 321 g/mol. The number of carboxylic acids is 1. The third kappa shape index (κ3) is 2.85. The lowest BCUT2D eigenvalue weighted by atomic mass is 9.91. The summed E-state index contributed by atoms with van der Waals surface area (Å²) in [7, 11) is 0. The van der Waals surface area contributed by atoms with Crippen LogP contribution in [0.25, 0.3) is 11.0 Å². The Labute approximate surface area is 139 Å². The summed E-state index contributed by atoms with van der Waals surface area (Å²) in [6.45, 7) is 0.597. The molecule has 3 aromatic rings. The van der Waals surface area contributed by atoms with E-state index in [0.717, 1.165) is 35.4 Å². The molecule has 4 rings (SSSR count). The molecule has 3 N–H and O–H groups in total. The SMILES string of the molecule is O=C(O)c1ccc(CNc2nc3cc4c(cc3[nH]2)CCCC4)cc1. The Morgan fingerprint density at radius 1 is 1.12 bits per heavy atom. The van der Waals surface area contributed by atoms with Crippen molar-refractivity contribution in [3.63, 3.8) is 0 Å². The number of fused-ring (bicyclic) bond motifs is 2. The van der Waals surface area contributed by atoms with Gasteiger partial charge in [0.05, 0.1) is 16.6 Å². The van der Waals surface area contributed by atoms with Gasteiger partial charge in [-0.05, 0) is 66.6 Å². The molecule has 0 spiro atoms. The van der Waals surface area contributed by atoms with E-state index in [1.54, 1.807) is 12.1 Å². The molecule has 5 nitrogen and oxygen atoms in total. The first-order valence-electron chi connectivity index (χ1n) is 8.27. The normalized spacial score (nSPS) is 13.7. The number of aryl methyl sites for hydroxylation is 2. The fourth-order valence-corrected chi connectivity index (χ4v) is 3.28. The van der Waals surface area contributed by atoms with Crippen molar-refractivity contribution in [1.82, 2.24) is 9.97 Å². The standard InChI is InChI=1S/C19H19N3O2/c23-18(24)13-7-5-12(6-8-13)11-20-19-21-16-9-14-3-1-2-4-15(14)10-17(16)22-19/h5-10H,1-4,11H2,(H,23,24)(H2,20,21,22). The lowest BCUT2D eigenvalue weighted by molar-refractivity contribution is 0.0697. The van der Waals surface area contributed by atoms with Crippen molar-refractivity contribution in [3.8, 4) is 0 Å². The molecule has 0 fully saturated rings. The topological polar surface area (TPSA) is 78.0 Å². The van der Waals surface area contributed by atoms with E-state index in [4.69, 9.17) is 5.11 Å². The van der Waals surface area contributed by atoms with Gasteiger partial charge < -0.3 is 15.4 Å². The molecule has 0 atom stereocenters. The largest absolute Gasteiger partial charge is 0.478 e. The molecule has 1 aliphatic carbocycles. The van der Waals surface area contributed by atoms with Crippen LogP contribution in [0.15, 0.2) is 36.4 Å². The van der Waals surface area contributed by atoms with Gasteiger partial charge in [0.15, 0.2) is 0 Å². The maximum atomic E-state index is 10.9. The minimum atomic E-state index is -0.907. The number of aromatic amines is 1. The van der Waals surface area contributed by atoms with E-state index in [2.05, 4.69) is 27.4 Å². The van der Waals surface area contributed by atoms with E-state index in [0.29, 0.717) is 12.1 Å². The lowest BCUT2D eigenvalue weighted by Gasteiger charge is -2.14. The molecular weight excluding hydrogens is 302 g/mol. The van der Waals surface area contributed by atoms with Crippen molar-refractivity contribution in [2.24, 2.45) is 0 Å². The molecule has 0 radical (unpaired) electrons. The quantitative estimate of drug-likeness (QED) is 0.684. The highest BCUT2D eigenvalue weighted by atomic mass is 16.4. The van der Waals surface area contributed by atoms with Gasteiger partial charge in [-0.1, -0.05) is 12.1 Å². The number of rotatable bonds is 4. The molecule has 0 saturated heterocycles. The van der Waals surface area contributed by atoms with Gasteiger partial charge >= 0.3 is 5.97 Å². The van der Waals surface area contributed by atoms with E-state index in [1.807, 2.05) is 12.1 Å². The predicted octanol–water partition coefficient (Wildman–Crippen LogP) is 3.75. The van der Waals surface area contributed by atoms with Crippen molar-refractivity contribution in [2.45, 2.75) is 32.2 Å². The maximum Gasteiger partial charge on any atom is 0.335 e. The number of aromatic carboxylic acids is 1. The van der Waals surface area contributed by atoms with Crippen LogP contribution in [-0.2, 0) is 19.4 Å². The second-order valence-electron chi connectivity index (χ2n) is 6.29. The zero-order valence-corrected chi connectivity index (χ0v) is 13.3. The van der Waals surface area contributed by atoms with Crippen LogP contribution in [0, 0.1) is 0 Å². The first-order valence-corrected chi connectivity index (χ1v) is 8.27. The third-order valence-electron chi connectivity index (χ3n) is 4.61. The van der Waals surface area contributed by atoms with Gasteiger partial charge in [0.2, 0.25) is 5.95 Å². The molecule has 0 amide bonds. The number of anilines is 1. The molecule has 24 heavy (non-hydrogen) atoms. The van der Waals surface area contributed by atoms with Gasteiger partial charge in [0, 0.05) is 6.54 Å². The summed E-state index contributed by atoms with van der Waals surface area (Å²) >= 11 is 0. The highest BCUT2D eigenvalue weighted by Crippen LogP contribution is 2.26. The van der Waals surface area contributed by atoms with Crippen LogP contribution in [0.5, 0.6) is 0 Å². The van der Waals surface area contributed by atoms with Crippen molar-refractivity contribution in [3.05, 3.63) is 58.7 Å². The van der Waals surface area contributed by atoms with Gasteiger partial charge in [-0.2, -0.15) is 0 Å². The minimum Gasteiger partial charge on any atom is -0.478 e. The van der Waals surface area contributed by atoms with Gasteiger partial charge in [0.1, 0.15) is 0 Å². The lowest BCUT2D eigenvalue weighted by Crippen LogP contribution is -2.02. The van der Waals surface area contributed by atoms with Crippen molar-refractivity contribution in [2.75, 3.05) is 5.32 Å². The average Bonchev–Trinajstić information content (AvgIpc) is 3.00. The molecule has 1 aromatic heterocycles. The van der Waals surface area contributed by atoms with E-state index in [9.17, 15) is 4.79 Å². The number of hydrogen-bond acceptors (Lipinski definition) is 3. The predicted molar refractivity (Wildman–Crippen MR) is 93.5 cm³/mol. The van der Waals surface area contributed by atoms with Crippen molar-refractivity contribution >= 4 is 23.0 Å². The first kappa shape index (κ1) is 14.8. The number of benzene rings is 2. The van der Waals surface area contributed by atoms with Crippen molar-refractivity contribution < 1.29 is 9.90 Å². The number of carbonyl (C=O) groups is 1. The van der Waals surface area contributed by atoms with Gasteiger partial charge in [-0.15, -0.1) is 0 Å². The van der Waals surface area contributed by atoms with E-state index >= 15 is 0 Å². The van der Waals surface area contributed by atoms with Gasteiger partial charge in [-0.25, -0.2) is 9.78 Å². The third-order valence-corrected chi connectivity index (χ3v) is 4.61. The van der Waals surface area contributed by atoms with E-state index in [1.165, 1.54) is 24.0 Å². The van der Waals surface area contributed by atoms with Crippen molar-refractivity contribution in [1.29, 1.82) is 0 Å². The molecule has 2 aromatic carbocycles. The van der Waals surface area contributed by atoms with Crippen LogP contribution < -0.4 is 5.32 Å². The van der Waals surface area contributed by atoms with Crippen LogP contribution in [0.2, 0.25) is 0 Å². The van der Waals surface area contributed by atoms with Crippen LogP contribution in [-0.4, -0.2) is 21.0 Å². The Morgan fingerprint density at radius 3 is 2.54 bits per heavy atom. The Hall–Kier alpha value is -2.82. The molecule has 0 bridgehead atoms. The summed E-state index contributed by atoms with van der Waals surface area (Å²) in [5, 5.41) is 12.2. The number of aromatic nitrogens is 2. The number of H-pyrrole nitrogens is 1. The number of hydrogen-bond donors (Lipinski definition) is 3. The van der Waals surface area contributed by atoms with E-state index < -0.39 is 5.97 Å². The Morgan fingerprint density at radius 2 is 1.83 bits per heavy atom. The molecular formula is C19H19N3O2. The van der Waals surface area contributed by atoms with Crippen LogP contribution >= 0.6 is 0 Å². The zero-order valence-electron chi connectivity index (χ0n) is 13.3. The Kier molecular flexibility index (Phi) is 3.69. The maximum absolute atomic E-state index is 10.9. The number of nitrogens with zero attached hydrogens (tertiary/aromatic N) is 1. The van der Waals surface area contributed by atoms with Gasteiger partial charge in [0.25, 0.3) is 0 Å². The summed E-state index contributed by atoms with van der Waals surface area (Å²) in [5.74, 6) is -0.162. The smallest absolute Gasteiger partial charge is 0.335 e. The van der Waals surface area contributed by atoms with Gasteiger partial charge in [-0.3, -0.25) is 0 Å². The summed E-state index contributed by atoms with van der Waals surface area (Å²) in [6, 6.07) is 11.3. The molecule has 122 valence electrons. The van der Waals surface area contributed by atoms with Crippen LogP contribution in [0.4, 0.5) is 5.95 Å². The highest BCUT2D eigenvalue weighted by Gasteiger charge is 2.12. The fourth-order valence-electron chi connectivity index (χ4n) is 3.28. The molecule has 1 aliphatic rings. The number of carboxylic acid groups (broad SMARTS) is 1. The summed E-state index contributed by atoms with van der Waals surface area (Å²) in [4.78, 5) is 18.8. The molecule has 0 aliphatic heterocycles. The minimum absolute atomic E-state index is 0.299. The first-order chi connectivity index (χ1) is 11.7. The summed E-state index contributed by atoms with van der Waals surface area (Å²) < 4.78 is 0. The number of nitrogens with one attached hydrogen (secondary N) is 2. The summed E-state index contributed by atoms with van der Waals surface area (Å²) in [6.07, 6.45) is 4.84. The Bertz CT molecular complexity index is 854. The fraction of sp³-hybridized carbons (Fsp3) is 0.263. The highest BCUT2D eigenvalue weighted by molar-refractivity contribution is 5.87. The van der Waals surface area contributed by atoms with Crippen LogP contribution in [0.1, 0.15) is 39.9 Å². The molecule has 1 heterocycles. The van der Waals surface area contributed by atoms with E-state index in [-0.39, 0.29) is 0 Å². The zero-order chi connectivity index (χ0) is 16.5. The second kappa shape index (κ2) is 6.00. The Balaban J connectivity index is 1.51. The number of imidazole rings is 1. The summed E-state index contributed by atoms with van der Waals surface area (Å²) in [5.41, 5.74) is 6.25.